The van der Waals surface area contributed by atoms with E-state index in [1.54, 1.807) is 19.5 Å². The first-order valence-electron chi connectivity index (χ1n) is 7.11. The Morgan fingerprint density at radius 1 is 1.38 bits per heavy atom. The summed E-state index contributed by atoms with van der Waals surface area (Å²) in [4.78, 5) is 11.6. The van der Waals surface area contributed by atoms with Gasteiger partial charge in [0.1, 0.15) is 5.69 Å². The van der Waals surface area contributed by atoms with E-state index in [0.29, 0.717) is 5.88 Å². The van der Waals surface area contributed by atoms with Crippen molar-refractivity contribution < 1.29 is 4.74 Å². The molecule has 0 spiro atoms. The summed E-state index contributed by atoms with van der Waals surface area (Å²) >= 11 is 3.91. The molecule has 0 fully saturated rings. The molecular weight excluding hydrogens is 302 g/mol. The van der Waals surface area contributed by atoms with Crippen molar-refractivity contribution in [2.24, 2.45) is 0 Å². The minimum atomic E-state index is 0.0549. The van der Waals surface area contributed by atoms with E-state index in [0.717, 1.165) is 18.0 Å². The fourth-order valence-electron chi connectivity index (χ4n) is 2.54. The van der Waals surface area contributed by atoms with Crippen LogP contribution in [-0.4, -0.2) is 29.4 Å². The molecule has 4 nitrogen and oxygen atoms in total. The van der Waals surface area contributed by atoms with Crippen molar-refractivity contribution in [3.63, 3.8) is 0 Å². The van der Waals surface area contributed by atoms with Gasteiger partial charge in [-0.15, -0.1) is 11.3 Å². The van der Waals surface area contributed by atoms with Crippen LogP contribution in [0.2, 0.25) is 0 Å². The predicted molar refractivity (Wildman–Crippen MR) is 88.3 cm³/mol. The maximum Gasteiger partial charge on any atom is 0.237 e. The third-order valence-electron chi connectivity index (χ3n) is 3.50. The van der Waals surface area contributed by atoms with Crippen molar-refractivity contribution >= 4 is 23.1 Å². The maximum absolute atomic E-state index is 5.38. The molecule has 1 aliphatic heterocycles. The number of hydrogen-bond acceptors (Lipinski definition) is 6. The van der Waals surface area contributed by atoms with E-state index in [-0.39, 0.29) is 6.04 Å². The van der Waals surface area contributed by atoms with Crippen LogP contribution in [0.5, 0.6) is 5.88 Å². The van der Waals surface area contributed by atoms with Gasteiger partial charge in [-0.25, -0.2) is 4.98 Å². The Balaban J connectivity index is 1.99. The molecule has 0 aliphatic carbocycles. The average molecular weight is 321 g/mol. The molecule has 0 aromatic carbocycles. The number of aromatic nitrogens is 2. The smallest absolute Gasteiger partial charge is 0.237 e. The molecule has 112 valence electrons. The number of nitrogens with zero attached hydrogens (tertiary/aromatic N) is 2. The number of nitrogens with one attached hydrogen (secondary N) is 1. The summed E-state index contributed by atoms with van der Waals surface area (Å²) in [6.07, 6.45) is 4.58. The first kappa shape index (κ1) is 14.8. The molecule has 0 saturated heterocycles. The summed E-state index contributed by atoms with van der Waals surface area (Å²) in [7, 11) is 1.65. The van der Waals surface area contributed by atoms with E-state index in [1.807, 2.05) is 23.1 Å². The molecule has 1 aliphatic rings. The standard InChI is InChI=1S/C15H19N3OS2/c1-3-16-13(14-15(19-2)18-6-5-17-14)12-8-10-9-20-7-4-11(10)21-12/h5-6,8,13,16H,3-4,7,9H2,1-2H3. The highest BCUT2D eigenvalue weighted by molar-refractivity contribution is 7.98. The lowest BCUT2D eigenvalue weighted by atomic mass is 10.1. The van der Waals surface area contributed by atoms with E-state index in [9.17, 15) is 0 Å². The maximum atomic E-state index is 5.38. The molecule has 3 rings (SSSR count). The minimum absolute atomic E-state index is 0.0549. The Hall–Kier alpha value is -1.11. The predicted octanol–water partition coefficient (Wildman–Crippen LogP) is 3.03. The normalized spacial score (nSPS) is 15.5. The SMILES string of the molecule is CCNC(c1cc2c(s1)CCSC2)c1nccnc1OC. The highest BCUT2D eigenvalue weighted by Crippen LogP contribution is 2.37. The van der Waals surface area contributed by atoms with Gasteiger partial charge in [-0.05, 0) is 30.3 Å². The van der Waals surface area contributed by atoms with Crippen LogP contribution in [0.15, 0.2) is 18.5 Å². The summed E-state index contributed by atoms with van der Waals surface area (Å²) < 4.78 is 5.38. The number of ether oxygens (including phenoxy) is 1. The molecule has 2 aromatic rings. The van der Waals surface area contributed by atoms with Gasteiger partial charge in [0.15, 0.2) is 0 Å². The van der Waals surface area contributed by atoms with Gasteiger partial charge < -0.3 is 10.1 Å². The summed E-state index contributed by atoms with van der Waals surface area (Å²) in [5.74, 6) is 2.96. The van der Waals surface area contributed by atoms with Crippen LogP contribution in [0.25, 0.3) is 0 Å². The Bertz CT molecular complexity index is 591. The first-order chi connectivity index (χ1) is 10.3. The third-order valence-corrected chi connectivity index (χ3v) is 5.81. The quantitative estimate of drug-likeness (QED) is 0.917. The van der Waals surface area contributed by atoms with E-state index in [4.69, 9.17) is 4.74 Å². The van der Waals surface area contributed by atoms with Gasteiger partial charge >= 0.3 is 0 Å². The number of thioether (sulfide) groups is 1. The number of rotatable bonds is 5. The van der Waals surface area contributed by atoms with Gasteiger partial charge in [-0.2, -0.15) is 11.8 Å². The van der Waals surface area contributed by atoms with Crippen molar-refractivity contribution in [3.8, 4) is 5.88 Å². The highest BCUT2D eigenvalue weighted by atomic mass is 32.2. The van der Waals surface area contributed by atoms with Gasteiger partial charge in [-0.3, -0.25) is 4.98 Å². The third kappa shape index (κ3) is 3.07. The van der Waals surface area contributed by atoms with Gasteiger partial charge in [0.25, 0.3) is 0 Å². The fraction of sp³-hybridized carbons (Fsp3) is 0.467. The molecule has 0 radical (unpaired) electrons. The van der Waals surface area contributed by atoms with Crippen molar-refractivity contribution in [3.05, 3.63) is 39.5 Å². The zero-order valence-corrected chi connectivity index (χ0v) is 13.9. The van der Waals surface area contributed by atoms with Crippen LogP contribution in [-0.2, 0) is 12.2 Å². The largest absolute Gasteiger partial charge is 0.480 e. The summed E-state index contributed by atoms with van der Waals surface area (Å²) in [5, 5.41) is 3.52. The number of fused-ring (bicyclic) bond motifs is 1. The van der Waals surface area contributed by atoms with E-state index >= 15 is 0 Å². The van der Waals surface area contributed by atoms with E-state index < -0.39 is 0 Å². The average Bonchev–Trinajstić information content (AvgIpc) is 2.96. The van der Waals surface area contributed by atoms with Crippen molar-refractivity contribution in [2.45, 2.75) is 25.1 Å². The first-order valence-corrected chi connectivity index (χ1v) is 9.08. The molecular formula is C15H19N3OS2. The molecule has 0 bridgehead atoms. The van der Waals surface area contributed by atoms with E-state index in [2.05, 4.69) is 28.3 Å². The number of hydrogen-bond donors (Lipinski definition) is 1. The van der Waals surface area contributed by atoms with E-state index in [1.165, 1.54) is 27.5 Å². The fourth-order valence-corrected chi connectivity index (χ4v) is 5.00. The van der Waals surface area contributed by atoms with Crippen LogP contribution in [0.1, 0.15) is 34.0 Å². The van der Waals surface area contributed by atoms with Crippen LogP contribution >= 0.6 is 23.1 Å². The zero-order chi connectivity index (χ0) is 14.7. The lowest BCUT2D eigenvalue weighted by molar-refractivity contribution is 0.383. The summed E-state index contributed by atoms with van der Waals surface area (Å²) in [5.41, 5.74) is 2.35. The molecule has 6 heteroatoms. The molecule has 1 atom stereocenters. The molecule has 0 amide bonds. The second-order valence-corrected chi connectivity index (χ2v) is 7.11. The highest BCUT2D eigenvalue weighted by Gasteiger charge is 2.24. The summed E-state index contributed by atoms with van der Waals surface area (Å²) in [6.45, 7) is 2.99. The van der Waals surface area contributed by atoms with Gasteiger partial charge in [0.2, 0.25) is 5.88 Å². The molecule has 1 N–H and O–H groups in total. The van der Waals surface area contributed by atoms with Crippen LogP contribution < -0.4 is 10.1 Å². The molecule has 2 aromatic heterocycles. The molecule has 1 unspecified atom stereocenters. The Kier molecular flexibility index (Phi) is 4.77. The second kappa shape index (κ2) is 6.77. The minimum Gasteiger partial charge on any atom is -0.480 e. The number of methoxy groups -OCH3 is 1. The lowest BCUT2D eigenvalue weighted by Crippen LogP contribution is -2.23. The topological polar surface area (TPSA) is 47.0 Å². The number of aryl methyl sites for hydroxylation is 1. The van der Waals surface area contributed by atoms with Crippen LogP contribution in [0, 0.1) is 0 Å². The second-order valence-electron chi connectivity index (χ2n) is 4.84. The van der Waals surface area contributed by atoms with Gasteiger partial charge in [-0.1, -0.05) is 6.92 Å². The van der Waals surface area contributed by atoms with Crippen molar-refractivity contribution in [1.29, 1.82) is 0 Å². The Labute approximate surface area is 133 Å². The monoisotopic (exact) mass is 321 g/mol. The number of thiophene rings is 1. The van der Waals surface area contributed by atoms with Crippen molar-refractivity contribution in [1.82, 2.24) is 15.3 Å². The Morgan fingerprint density at radius 2 is 2.24 bits per heavy atom. The lowest BCUT2D eigenvalue weighted by Gasteiger charge is -2.17. The molecule has 21 heavy (non-hydrogen) atoms. The zero-order valence-electron chi connectivity index (χ0n) is 12.3. The Morgan fingerprint density at radius 3 is 3.00 bits per heavy atom. The van der Waals surface area contributed by atoms with Gasteiger partial charge in [0, 0.05) is 27.9 Å². The van der Waals surface area contributed by atoms with Crippen LogP contribution in [0.4, 0.5) is 0 Å². The van der Waals surface area contributed by atoms with Gasteiger partial charge in [0.05, 0.1) is 13.2 Å². The molecule has 0 saturated carbocycles. The van der Waals surface area contributed by atoms with Crippen LogP contribution in [0.3, 0.4) is 0 Å². The van der Waals surface area contributed by atoms with Crippen molar-refractivity contribution in [2.75, 3.05) is 19.4 Å². The molecule has 3 heterocycles. The summed E-state index contributed by atoms with van der Waals surface area (Å²) in [6, 6.07) is 2.38.